The van der Waals surface area contributed by atoms with Crippen LogP contribution < -0.4 is 0 Å². The number of benzene rings is 3. The first-order chi connectivity index (χ1) is 17.2. The molecule has 0 spiro atoms. The predicted octanol–water partition coefficient (Wildman–Crippen LogP) is 7.31. The fraction of sp³-hybridized carbons (Fsp3) is 0.0968. The zero-order chi connectivity index (χ0) is 23.3. The molecule has 35 heavy (non-hydrogen) atoms. The van der Waals surface area contributed by atoms with E-state index in [4.69, 9.17) is 9.97 Å². The van der Waals surface area contributed by atoms with Gasteiger partial charge in [-0.3, -0.25) is 4.57 Å². The molecule has 4 nitrogen and oxygen atoms in total. The molecule has 0 saturated heterocycles. The van der Waals surface area contributed by atoms with Gasteiger partial charge in [-0.2, -0.15) is 0 Å². The van der Waals surface area contributed by atoms with Gasteiger partial charge in [0.15, 0.2) is 0 Å². The molecule has 7 aromatic rings. The van der Waals surface area contributed by atoms with Crippen molar-refractivity contribution in [2.75, 3.05) is 0 Å². The minimum absolute atomic E-state index is 0.210. The van der Waals surface area contributed by atoms with E-state index in [9.17, 15) is 0 Å². The van der Waals surface area contributed by atoms with Gasteiger partial charge in [0.25, 0.3) is 0 Å². The minimum Gasteiger partial charge on any atom is -0.309 e. The average Bonchev–Trinajstić information content (AvgIpc) is 3.41. The van der Waals surface area contributed by atoms with Crippen molar-refractivity contribution in [3.8, 4) is 11.5 Å². The summed E-state index contributed by atoms with van der Waals surface area (Å²) in [6.07, 6.45) is 3.78. The Morgan fingerprint density at radius 1 is 0.629 bits per heavy atom. The number of fused-ring (bicyclic) bond motifs is 9. The fourth-order valence-corrected chi connectivity index (χ4v) is 6.23. The monoisotopic (exact) mass is 450 g/mol. The molecule has 0 N–H and O–H groups in total. The highest BCUT2D eigenvalue weighted by Gasteiger charge is 2.37. The van der Waals surface area contributed by atoms with Crippen LogP contribution in [0.2, 0.25) is 0 Å². The third-order valence-corrected chi connectivity index (χ3v) is 7.79. The number of pyridine rings is 2. The lowest BCUT2D eigenvalue weighted by Crippen LogP contribution is -2.27. The zero-order valence-corrected chi connectivity index (χ0v) is 19.5. The first-order valence-electron chi connectivity index (χ1n) is 12.0. The number of para-hydroxylation sites is 2. The molecule has 4 heteroatoms. The molecule has 5 heterocycles. The molecule has 0 bridgehead atoms. The van der Waals surface area contributed by atoms with Crippen molar-refractivity contribution in [1.82, 2.24) is 19.1 Å². The number of rotatable bonds is 1. The predicted molar refractivity (Wildman–Crippen MR) is 143 cm³/mol. The molecule has 0 fully saturated rings. The van der Waals surface area contributed by atoms with E-state index in [2.05, 4.69) is 95.8 Å². The Kier molecular flexibility index (Phi) is 3.44. The molecular weight excluding hydrogens is 428 g/mol. The van der Waals surface area contributed by atoms with E-state index >= 15 is 0 Å². The van der Waals surface area contributed by atoms with E-state index in [1.54, 1.807) is 0 Å². The molecule has 0 unspecified atom stereocenters. The standard InChI is InChI=1S/C31H22N4/c1-31(2)22-14-9-17-33-30(22)35-28-23(31)18-25-26(27(28)21-13-8-16-32-29(21)35)20-12-6-7-15-24(20)34(25)19-10-4-3-5-11-19/h3-18H,1-2H3. The van der Waals surface area contributed by atoms with Crippen LogP contribution in [0.25, 0.3) is 55.2 Å². The zero-order valence-electron chi connectivity index (χ0n) is 19.5. The third-order valence-electron chi connectivity index (χ3n) is 7.79. The largest absolute Gasteiger partial charge is 0.309 e. The van der Waals surface area contributed by atoms with Gasteiger partial charge in [0.1, 0.15) is 11.5 Å². The first kappa shape index (κ1) is 18.9. The SMILES string of the molecule is CC1(C)c2cccnc2-n2c3ncccc3c3c4c5ccccc5n(-c5ccccc5)c4cc1c32. The molecule has 0 aliphatic carbocycles. The molecular formula is C31H22N4. The highest BCUT2D eigenvalue weighted by Crippen LogP contribution is 2.50. The Labute approximate surface area is 202 Å². The van der Waals surface area contributed by atoms with Crippen molar-refractivity contribution >= 4 is 43.7 Å². The van der Waals surface area contributed by atoms with E-state index in [0.29, 0.717) is 0 Å². The Morgan fingerprint density at radius 3 is 2.26 bits per heavy atom. The van der Waals surface area contributed by atoms with Crippen LogP contribution in [0.3, 0.4) is 0 Å². The van der Waals surface area contributed by atoms with Crippen molar-refractivity contribution in [1.29, 1.82) is 0 Å². The topological polar surface area (TPSA) is 35.6 Å². The van der Waals surface area contributed by atoms with Crippen molar-refractivity contribution in [2.45, 2.75) is 19.3 Å². The van der Waals surface area contributed by atoms with Crippen molar-refractivity contribution < 1.29 is 0 Å². The van der Waals surface area contributed by atoms with Gasteiger partial charge in [-0.05, 0) is 48.0 Å². The van der Waals surface area contributed by atoms with E-state index < -0.39 is 0 Å². The molecule has 1 aliphatic rings. The Hall–Kier alpha value is -4.44. The van der Waals surface area contributed by atoms with Gasteiger partial charge in [-0.1, -0.05) is 56.3 Å². The van der Waals surface area contributed by atoms with E-state index in [-0.39, 0.29) is 5.41 Å². The summed E-state index contributed by atoms with van der Waals surface area (Å²) in [5, 5.41) is 4.95. The molecule has 0 radical (unpaired) electrons. The Bertz CT molecular complexity index is 1970. The number of aromatic nitrogens is 4. The van der Waals surface area contributed by atoms with Crippen LogP contribution in [0.15, 0.2) is 97.3 Å². The van der Waals surface area contributed by atoms with Crippen LogP contribution in [0.4, 0.5) is 0 Å². The lowest BCUT2D eigenvalue weighted by molar-refractivity contribution is 0.624. The Morgan fingerprint density at radius 2 is 1.37 bits per heavy atom. The molecule has 166 valence electrons. The van der Waals surface area contributed by atoms with Gasteiger partial charge < -0.3 is 4.57 Å². The van der Waals surface area contributed by atoms with E-state index in [1.807, 2.05) is 24.5 Å². The maximum absolute atomic E-state index is 4.88. The van der Waals surface area contributed by atoms with Crippen molar-refractivity contribution in [3.05, 3.63) is 108 Å². The maximum Gasteiger partial charge on any atom is 0.146 e. The van der Waals surface area contributed by atoms with Gasteiger partial charge in [0.2, 0.25) is 0 Å². The lowest BCUT2D eigenvalue weighted by atomic mass is 9.75. The Balaban J connectivity index is 1.72. The molecule has 4 aromatic heterocycles. The van der Waals surface area contributed by atoms with Crippen LogP contribution >= 0.6 is 0 Å². The van der Waals surface area contributed by atoms with Crippen LogP contribution in [0.1, 0.15) is 25.0 Å². The highest BCUT2D eigenvalue weighted by atomic mass is 15.1. The number of hydrogen-bond donors (Lipinski definition) is 0. The molecule has 3 aromatic carbocycles. The summed E-state index contributed by atoms with van der Waals surface area (Å²) in [4.78, 5) is 9.75. The summed E-state index contributed by atoms with van der Waals surface area (Å²) in [6.45, 7) is 4.64. The van der Waals surface area contributed by atoms with Crippen molar-refractivity contribution in [3.63, 3.8) is 0 Å². The van der Waals surface area contributed by atoms with Gasteiger partial charge in [-0.25, -0.2) is 9.97 Å². The fourth-order valence-electron chi connectivity index (χ4n) is 6.23. The molecule has 8 rings (SSSR count). The molecule has 1 aliphatic heterocycles. The second-order valence-electron chi connectivity index (χ2n) is 9.94. The third kappa shape index (κ3) is 2.22. The normalized spacial score (nSPS) is 14.2. The van der Waals surface area contributed by atoms with Crippen LogP contribution in [0, 0.1) is 0 Å². The van der Waals surface area contributed by atoms with Crippen molar-refractivity contribution in [2.24, 2.45) is 0 Å². The molecule has 0 saturated carbocycles. The molecule has 0 amide bonds. The van der Waals surface area contributed by atoms with E-state index in [1.165, 1.54) is 54.9 Å². The summed E-state index contributed by atoms with van der Waals surface area (Å²) in [7, 11) is 0. The molecule has 0 atom stereocenters. The van der Waals surface area contributed by atoms with E-state index in [0.717, 1.165) is 11.5 Å². The quantitative estimate of drug-likeness (QED) is 0.263. The lowest BCUT2D eigenvalue weighted by Gasteiger charge is -2.33. The summed E-state index contributed by atoms with van der Waals surface area (Å²) >= 11 is 0. The summed E-state index contributed by atoms with van der Waals surface area (Å²) in [5.41, 5.74) is 8.10. The van der Waals surface area contributed by atoms with Crippen LogP contribution in [-0.4, -0.2) is 19.1 Å². The van der Waals surface area contributed by atoms with Crippen LogP contribution in [-0.2, 0) is 5.41 Å². The number of nitrogens with zero attached hydrogens (tertiary/aromatic N) is 4. The maximum atomic E-state index is 4.88. The summed E-state index contributed by atoms with van der Waals surface area (Å²) < 4.78 is 4.70. The van der Waals surface area contributed by atoms with Crippen LogP contribution in [0.5, 0.6) is 0 Å². The highest BCUT2D eigenvalue weighted by molar-refractivity contribution is 6.29. The minimum atomic E-state index is -0.210. The summed E-state index contributed by atoms with van der Waals surface area (Å²) in [5.74, 6) is 0.981. The number of hydrogen-bond acceptors (Lipinski definition) is 2. The second kappa shape index (κ2) is 6.36. The first-order valence-corrected chi connectivity index (χ1v) is 12.0. The average molecular weight is 451 g/mol. The van der Waals surface area contributed by atoms with Gasteiger partial charge in [0, 0.05) is 50.6 Å². The summed E-state index contributed by atoms with van der Waals surface area (Å²) in [6, 6.07) is 30.3. The second-order valence-corrected chi connectivity index (χ2v) is 9.94. The van der Waals surface area contributed by atoms with Gasteiger partial charge in [0.05, 0.1) is 16.6 Å². The van der Waals surface area contributed by atoms with Gasteiger partial charge in [-0.15, -0.1) is 0 Å². The van der Waals surface area contributed by atoms with Gasteiger partial charge >= 0.3 is 0 Å². The smallest absolute Gasteiger partial charge is 0.146 e.